The quantitative estimate of drug-likeness (QED) is 0.416. The summed E-state index contributed by atoms with van der Waals surface area (Å²) in [6.07, 6.45) is 3.05. The molecule has 0 aliphatic carbocycles. The molecule has 0 saturated heterocycles. The van der Waals surface area contributed by atoms with Crippen LogP contribution in [0.2, 0.25) is 0 Å². The van der Waals surface area contributed by atoms with Crippen LogP contribution in [0.25, 0.3) is 17.0 Å². The van der Waals surface area contributed by atoms with Crippen LogP contribution in [-0.2, 0) is 16.1 Å². The zero-order valence-corrected chi connectivity index (χ0v) is 13.2. The second-order valence-corrected chi connectivity index (χ2v) is 5.44. The Morgan fingerprint density at radius 1 is 1.12 bits per heavy atom. The van der Waals surface area contributed by atoms with Gasteiger partial charge < -0.3 is 9.15 Å². The average molecular weight is 320 g/mol. The minimum absolute atomic E-state index is 0.0170. The summed E-state index contributed by atoms with van der Waals surface area (Å²) in [5.41, 5.74) is 2.57. The highest BCUT2D eigenvalue weighted by Crippen LogP contribution is 2.19. The van der Waals surface area contributed by atoms with Crippen LogP contribution in [0.15, 0.2) is 69.9 Å². The van der Waals surface area contributed by atoms with Crippen molar-refractivity contribution in [1.82, 2.24) is 0 Å². The summed E-state index contributed by atoms with van der Waals surface area (Å²) in [5, 5.41) is 0.764. The van der Waals surface area contributed by atoms with Crippen LogP contribution in [0.1, 0.15) is 16.7 Å². The predicted octanol–water partition coefficient (Wildman–Crippen LogP) is 3.86. The summed E-state index contributed by atoms with van der Waals surface area (Å²) in [6.45, 7) is 1.93. The molecule has 2 aromatic carbocycles. The number of hydrogen-bond donors (Lipinski definition) is 0. The van der Waals surface area contributed by atoms with Gasteiger partial charge in [0.15, 0.2) is 0 Å². The third-order valence-electron chi connectivity index (χ3n) is 3.57. The standard InChI is InChI=1S/C20H16O4/c1-14-7-9-17-16(12-20(22)24-18(17)11-14)13-23-19(21)10-8-15-5-3-2-4-6-15/h2-12H,13H2,1H3. The molecule has 4 heteroatoms. The van der Waals surface area contributed by atoms with Crippen LogP contribution in [0.4, 0.5) is 0 Å². The van der Waals surface area contributed by atoms with E-state index in [1.807, 2.05) is 49.4 Å². The highest BCUT2D eigenvalue weighted by Gasteiger charge is 2.08. The van der Waals surface area contributed by atoms with E-state index in [-0.39, 0.29) is 6.61 Å². The van der Waals surface area contributed by atoms with Crippen molar-refractivity contribution in [3.8, 4) is 0 Å². The van der Waals surface area contributed by atoms with E-state index < -0.39 is 11.6 Å². The lowest BCUT2D eigenvalue weighted by Crippen LogP contribution is -2.05. The molecule has 1 aromatic heterocycles. The van der Waals surface area contributed by atoms with E-state index in [1.165, 1.54) is 12.1 Å². The lowest BCUT2D eigenvalue weighted by molar-refractivity contribution is -0.138. The van der Waals surface area contributed by atoms with Gasteiger partial charge in [-0.3, -0.25) is 0 Å². The summed E-state index contributed by atoms with van der Waals surface area (Å²) >= 11 is 0. The molecular weight excluding hydrogens is 304 g/mol. The first kappa shape index (κ1) is 15.7. The van der Waals surface area contributed by atoms with Crippen LogP contribution in [0.5, 0.6) is 0 Å². The number of carbonyl (C=O) groups excluding carboxylic acids is 1. The van der Waals surface area contributed by atoms with Gasteiger partial charge in [0.25, 0.3) is 0 Å². The summed E-state index contributed by atoms with van der Waals surface area (Å²) in [4.78, 5) is 23.5. The van der Waals surface area contributed by atoms with Gasteiger partial charge in [0, 0.05) is 23.1 Å². The van der Waals surface area contributed by atoms with Gasteiger partial charge in [0.05, 0.1) is 0 Å². The minimum atomic E-state index is -0.465. The topological polar surface area (TPSA) is 56.5 Å². The summed E-state index contributed by atoms with van der Waals surface area (Å²) in [6, 6.07) is 16.4. The third kappa shape index (κ3) is 3.79. The molecule has 0 amide bonds. The van der Waals surface area contributed by atoms with Crippen molar-refractivity contribution in [2.45, 2.75) is 13.5 Å². The molecule has 0 atom stereocenters. The first-order valence-corrected chi connectivity index (χ1v) is 7.55. The SMILES string of the molecule is Cc1ccc2c(COC(=O)C=Cc3ccccc3)cc(=O)oc2c1. The molecule has 3 rings (SSSR count). The number of rotatable bonds is 4. The first-order valence-electron chi connectivity index (χ1n) is 7.55. The van der Waals surface area contributed by atoms with Gasteiger partial charge in [0.2, 0.25) is 0 Å². The van der Waals surface area contributed by atoms with Crippen LogP contribution < -0.4 is 5.63 Å². The molecule has 3 aromatic rings. The van der Waals surface area contributed by atoms with Gasteiger partial charge in [-0.15, -0.1) is 0 Å². The Morgan fingerprint density at radius 3 is 2.71 bits per heavy atom. The summed E-state index contributed by atoms with van der Waals surface area (Å²) < 4.78 is 10.4. The highest BCUT2D eigenvalue weighted by molar-refractivity contribution is 5.87. The van der Waals surface area contributed by atoms with Crippen molar-refractivity contribution in [3.63, 3.8) is 0 Å². The van der Waals surface area contributed by atoms with Gasteiger partial charge in [-0.05, 0) is 30.2 Å². The van der Waals surface area contributed by atoms with Gasteiger partial charge >= 0.3 is 11.6 Å². The lowest BCUT2D eigenvalue weighted by Gasteiger charge is -2.06. The van der Waals surface area contributed by atoms with E-state index in [0.29, 0.717) is 11.1 Å². The largest absolute Gasteiger partial charge is 0.458 e. The second kappa shape index (κ2) is 6.96. The van der Waals surface area contributed by atoms with E-state index in [1.54, 1.807) is 12.1 Å². The molecule has 0 bridgehead atoms. The van der Waals surface area contributed by atoms with Crippen molar-refractivity contribution >= 4 is 23.0 Å². The van der Waals surface area contributed by atoms with E-state index in [9.17, 15) is 9.59 Å². The molecular formula is C20H16O4. The summed E-state index contributed by atoms with van der Waals surface area (Å²) in [5.74, 6) is -0.465. The number of carbonyl (C=O) groups is 1. The van der Waals surface area contributed by atoms with Crippen molar-refractivity contribution in [3.05, 3.63) is 87.8 Å². The fourth-order valence-corrected chi connectivity index (χ4v) is 2.38. The maximum atomic E-state index is 11.9. The maximum absolute atomic E-state index is 11.9. The normalized spacial score (nSPS) is 11.0. The number of fused-ring (bicyclic) bond motifs is 1. The molecule has 0 radical (unpaired) electrons. The van der Waals surface area contributed by atoms with Gasteiger partial charge in [-0.25, -0.2) is 9.59 Å². The van der Waals surface area contributed by atoms with Crippen LogP contribution >= 0.6 is 0 Å². The average Bonchev–Trinajstić information content (AvgIpc) is 2.58. The zero-order chi connectivity index (χ0) is 16.9. The number of hydrogen-bond acceptors (Lipinski definition) is 4. The Labute approximate surface area is 139 Å². The molecule has 1 heterocycles. The Morgan fingerprint density at radius 2 is 1.92 bits per heavy atom. The third-order valence-corrected chi connectivity index (χ3v) is 3.57. The van der Waals surface area contributed by atoms with E-state index >= 15 is 0 Å². The molecule has 0 unspecified atom stereocenters. The second-order valence-electron chi connectivity index (χ2n) is 5.44. The van der Waals surface area contributed by atoms with Crippen LogP contribution in [0.3, 0.4) is 0 Å². The van der Waals surface area contributed by atoms with Crippen molar-refractivity contribution in [2.24, 2.45) is 0 Å². The Balaban J connectivity index is 1.75. The van der Waals surface area contributed by atoms with Crippen molar-refractivity contribution in [2.75, 3.05) is 0 Å². The molecule has 4 nitrogen and oxygen atoms in total. The van der Waals surface area contributed by atoms with Crippen molar-refractivity contribution < 1.29 is 13.9 Å². The number of benzene rings is 2. The van der Waals surface area contributed by atoms with Crippen LogP contribution in [0, 0.1) is 6.92 Å². The molecule has 0 saturated carbocycles. The molecule has 24 heavy (non-hydrogen) atoms. The van der Waals surface area contributed by atoms with Gasteiger partial charge in [-0.1, -0.05) is 42.5 Å². The fraction of sp³-hybridized carbons (Fsp3) is 0.100. The van der Waals surface area contributed by atoms with E-state index in [0.717, 1.165) is 16.5 Å². The Hall–Kier alpha value is -3.14. The lowest BCUT2D eigenvalue weighted by atomic mass is 10.1. The highest BCUT2D eigenvalue weighted by atomic mass is 16.5. The van der Waals surface area contributed by atoms with Gasteiger partial charge in [0.1, 0.15) is 12.2 Å². The Bertz CT molecular complexity index is 952. The molecule has 0 N–H and O–H groups in total. The molecule has 0 aliphatic rings. The smallest absolute Gasteiger partial charge is 0.336 e. The summed E-state index contributed by atoms with van der Waals surface area (Å²) in [7, 11) is 0. The fourth-order valence-electron chi connectivity index (χ4n) is 2.38. The zero-order valence-electron chi connectivity index (χ0n) is 13.2. The van der Waals surface area contributed by atoms with E-state index in [2.05, 4.69) is 0 Å². The monoisotopic (exact) mass is 320 g/mol. The maximum Gasteiger partial charge on any atom is 0.336 e. The van der Waals surface area contributed by atoms with Gasteiger partial charge in [-0.2, -0.15) is 0 Å². The first-order chi connectivity index (χ1) is 11.6. The van der Waals surface area contributed by atoms with Crippen LogP contribution in [-0.4, -0.2) is 5.97 Å². The minimum Gasteiger partial charge on any atom is -0.458 e. The van der Waals surface area contributed by atoms with Crippen molar-refractivity contribution in [1.29, 1.82) is 0 Å². The number of aryl methyl sites for hydroxylation is 1. The predicted molar refractivity (Wildman–Crippen MR) is 92.5 cm³/mol. The molecule has 0 spiro atoms. The van der Waals surface area contributed by atoms with E-state index in [4.69, 9.17) is 9.15 Å². The molecule has 120 valence electrons. The number of ether oxygens (including phenoxy) is 1. The molecule has 0 aliphatic heterocycles. The Kier molecular flexibility index (Phi) is 4.57. The number of esters is 1. The molecule has 0 fully saturated rings.